The molecule has 5 nitrogen and oxygen atoms in total. The fourth-order valence-corrected chi connectivity index (χ4v) is 7.25. The zero-order valence-corrected chi connectivity index (χ0v) is 27.4. The number of hydrogen-bond donors (Lipinski definition) is 0. The third kappa shape index (κ3) is 4.91. The molecule has 1 aliphatic heterocycles. The topological polar surface area (TPSA) is 54.8 Å². The molecule has 8 aromatic rings. The highest BCUT2D eigenvalue weighted by Crippen LogP contribution is 2.45. The number of nitrogens with zero attached hydrogens (tertiary/aromatic N) is 3. The number of ether oxygens (including phenoxy) is 1. The van der Waals surface area contributed by atoms with Crippen LogP contribution in [0.3, 0.4) is 0 Å². The molecule has 2 amide bonds. The van der Waals surface area contributed by atoms with Gasteiger partial charge in [-0.05, 0) is 97.9 Å². The van der Waals surface area contributed by atoms with Crippen molar-refractivity contribution in [2.45, 2.75) is 6.92 Å². The molecule has 0 spiro atoms. The Hall–Kier alpha value is -6.59. The maximum absolute atomic E-state index is 13.2. The molecule has 0 aliphatic carbocycles. The van der Waals surface area contributed by atoms with Crippen LogP contribution in [0, 0.1) is 0 Å². The van der Waals surface area contributed by atoms with E-state index in [9.17, 15) is 4.79 Å². The Kier molecular flexibility index (Phi) is 7.17. The summed E-state index contributed by atoms with van der Waals surface area (Å²) in [5, 5.41) is 8.03. The van der Waals surface area contributed by atoms with E-state index in [4.69, 9.17) is 9.72 Å². The Bertz CT molecular complexity index is 2640. The Labute approximate surface area is 289 Å². The maximum atomic E-state index is 13.2. The van der Waals surface area contributed by atoms with Gasteiger partial charge in [-0.2, -0.15) is 0 Å². The number of fused-ring (bicyclic) bond motifs is 5. The molecule has 1 aliphatic rings. The van der Waals surface area contributed by atoms with Crippen LogP contribution >= 0.6 is 0 Å². The first-order valence-electron chi connectivity index (χ1n) is 16.8. The molecule has 0 bridgehead atoms. The zero-order chi connectivity index (χ0) is 33.6. The number of aromatic nitrogens is 1. The first kappa shape index (κ1) is 29.5. The number of carbonyl (C=O) groups is 1. The molecule has 50 heavy (non-hydrogen) atoms. The van der Waals surface area contributed by atoms with Gasteiger partial charge in [-0.1, -0.05) is 109 Å². The molecular weight excluding hydrogens is 615 g/mol. The van der Waals surface area contributed by atoms with Gasteiger partial charge in [-0.3, -0.25) is 4.90 Å². The van der Waals surface area contributed by atoms with Gasteiger partial charge in [0, 0.05) is 17.8 Å². The third-order valence-corrected chi connectivity index (χ3v) is 9.48. The number of aliphatic imine (C=N–C) groups is 1. The average molecular weight is 646 g/mol. The van der Waals surface area contributed by atoms with E-state index in [1.54, 1.807) is 12.4 Å². The van der Waals surface area contributed by atoms with Crippen LogP contribution in [0.1, 0.15) is 18.2 Å². The van der Waals surface area contributed by atoms with E-state index in [0.717, 1.165) is 27.7 Å². The molecule has 0 atom stereocenters. The van der Waals surface area contributed by atoms with Crippen molar-refractivity contribution >= 4 is 67.2 Å². The molecular formula is C45H31N3O2. The summed E-state index contributed by atoms with van der Waals surface area (Å²) in [4.78, 5) is 24.1. The van der Waals surface area contributed by atoms with Gasteiger partial charge in [-0.25, -0.2) is 14.8 Å². The fourth-order valence-electron chi connectivity index (χ4n) is 7.25. The van der Waals surface area contributed by atoms with Gasteiger partial charge in [0.05, 0.1) is 29.1 Å². The Morgan fingerprint density at radius 3 is 1.90 bits per heavy atom. The van der Waals surface area contributed by atoms with E-state index < -0.39 is 0 Å². The summed E-state index contributed by atoms with van der Waals surface area (Å²) >= 11 is 0. The van der Waals surface area contributed by atoms with Gasteiger partial charge >= 0.3 is 6.03 Å². The van der Waals surface area contributed by atoms with Crippen molar-refractivity contribution in [2.24, 2.45) is 4.99 Å². The van der Waals surface area contributed by atoms with Gasteiger partial charge in [0.1, 0.15) is 5.75 Å². The van der Waals surface area contributed by atoms with Gasteiger partial charge in [0.2, 0.25) is 0 Å². The average Bonchev–Trinajstić information content (AvgIpc) is 3.16. The van der Waals surface area contributed by atoms with E-state index >= 15 is 0 Å². The molecule has 1 aromatic heterocycles. The number of carbonyl (C=O) groups excluding carboxylic acids is 1. The number of hydrogen-bond acceptors (Lipinski definition) is 3. The van der Waals surface area contributed by atoms with Crippen molar-refractivity contribution in [2.75, 3.05) is 11.5 Å². The second-order valence-electron chi connectivity index (χ2n) is 12.4. The molecule has 0 radical (unpaired) electrons. The molecule has 0 unspecified atom stereocenters. The SMILES string of the molecule is CCOc1c2c(nc3ccc(-c4c5ccccc5c(-c5ccc6ccccc6c5)c5ccccc45)cc13)C=CN(c1ccccc1)C(=O)N=C2. The Balaban J connectivity index is 1.26. The normalized spacial score (nSPS) is 12.8. The summed E-state index contributed by atoms with van der Waals surface area (Å²) in [6.45, 7) is 2.41. The molecule has 2 heterocycles. The van der Waals surface area contributed by atoms with Crippen LogP contribution in [-0.2, 0) is 0 Å². The molecule has 0 saturated heterocycles. The van der Waals surface area contributed by atoms with Crippen LogP contribution in [0.5, 0.6) is 5.75 Å². The standard InChI is InChI=1S/C45H31N3O2/c1-2-50-44-38-27-32(22-23-40(38)47-41-24-25-48(33-14-4-3-5-15-33)45(49)46-28-39(41)44)43-36-18-10-8-16-34(36)42(35-17-9-11-19-37(35)43)31-21-20-29-12-6-7-13-30(29)26-31/h3-28H,2H2,1H3. The number of amides is 2. The molecule has 7 aromatic carbocycles. The summed E-state index contributed by atoms with van der Waals surface area (Å²) < 4.78 is 6.35. The smallest absolute Gasteiger partial charge is 0.352 e. The van der Waals surface area contributed by atoms with Gasteiger partial charge in [0.25, 0.3) is 0 Å². The minimum Gasteiger partial charge on any atom is -0.492 e. The zero-order valence-electron chi connectivity index (χ0n) is 27.4. The highest BCUT2D eigenvalue weighted by molar-refractivity contribution is 6.22. The predicted molar refractivity (Wildman–Crippen MR) is 207 cm³/mol. The molecule has 9 rings (SSSR count). The summed E-state index contributed by atoms with van der Waals surface area (Å²) in [6.07, 6.45) is 5.17. The van der Waals surface area contributed by atoms with E-state index in [2.05, 4.69) is 114 Å². The van der Waals surface area contributed by atoms with Crippen LogP contribution in [0.15, 0.2) is 151 Å². The van der Waals surface area contributed by atoms with E-state index in [1.807, 2.05) is 43.3 Å². The number of para-hydroxylation sites is 1. The van der Waals surface area contributed by atoms with Crippen molar-refractivity contribution in [3.63, 3.8) is 0 Å². The van der Waals surface area contributed by atoms with Crippen LogP contribution < -0.4 is 9.64 Å². The van der Waals surface area contributed by atoms with Gasteiger partial charge < -0.3 is 4.74 Å². The van der Waals surface area contributed by atoms with Crippen molar-refractivity contribution in [3.8, 4) is 28.0 Å². The number of pyridine rings is 1. The summed E-state index contributed by atoms with van der Waals surface area (Å²) in [7, 11) is 0. The lowest BCUT2D eigenvalue weighted by atomic mass is 9.85. The van der Waals surface area contributed by atoms with E-state index in [0.29, 0.717) is 23.6 Å². The Morgan fingerprint density at radius 2 is 1.22 bits per heavy atom. The van der Waals surface area contributed by atoms with Crippen LogP contribution in [-0.4, -0.2) is 23.8 Å². The first-order chi connectivity index (χ1) is 24.7. The first-order valence-corrected chi connectivity index (χ1v) is 16.8. The summed E-state index contributed by atoms with van der Waals surface area (Å²) in [5.41, 5.74) is 7.51. The molecule has 0 N–H and O–H groups in total. The van der Waals surface area contributed by atoms with Crippen molar-refractivity contribution in [1.29, 1.82) is 0 Å². The number of anilines is 1. The minimum atomic E-state index is -0.390. The quantitative estimate of drug-likeness (QED) is 0.175. The fraction of sp³-hybridized carbons (Fsp3) is 0.0444. The minimum absolute atomic E-state index is 0.390. The number of urea groups is 1. The van der Waals surface area contributed by atoms with Crippen molar-refractivity contribution in [3.05, 3.63) is 157 Å². The molecule has 0 fully saturated rings. The summed E-state index contributed by atoms with van der Waals surface area (Å²) in [5.74, 6) is 0.658. The van der Waals surface area contributed by atoms with E-state index in [1.165, 1.54) is 48.3 Å². The second kappa shape index (κ2) is 12.1. The summed E-state index contributed by atoms with van der Waals surface area (Å²) in [6, 6.07) is 48.1. The lowest BCUT2D eigenvalue weighted by Gasteiger charge is -2.20. The predicted octanol–water partition coefficient (Wildman–Crippen LogP) is 11.5. The van der Waals surface area contributed by atoms with Crippen molar-refractivity contribution < 1.29 is 9.53 Å². The van der Waals surface area contributed by atoms with E-state index in [-0.39, 0.29) is 6.03 Å². The maximum Gasteiger partial charge on any atom is 0.352 e. The van der Waals surface area contributed by atoms with Gasteiger partial charge in [-0.15, -0.1) is 0 Å². The van der Waals surface area contributed by atoms with Crippen LogP contribution in [0.2, 0.25) is 0 Å². The highest BCUT2D eigenvalue weighted by atomic mass is 16.5. The Morgan fingerprint density at radius 1 is 0.620 bits per heavy atom. The second-order valence-corrected chi connectivity index (χ2v) is 12.4. The molecule has 0 saturated carbocycles. The van der Waals surface area contributed by atoms with Crippen LogP contribution in [0.4, 0.5) is 10.5 Å². The molecule has 5 heteroatoms. The largest absolute Gasteiger partial charge is 0.492 e. The number of benzene rings is 7. The van der Waals surface area contributed by atoms with Crippen LogP contribution in [0.25, 0.3) is 71.6 Å². The third-order valence-electron chi connectivity index (χ3n) is 9.48. The lowest BCUT2D eigenvalue weighted by Crippen LogP contribution is -2.23. The molecule has 238 valence electrons. The van der Waals surface area contributed by atoms with Crippen molar-refractivity contribution in [1.82, 2.24) is 4.98 Å². The monoisotopic (exact) mass is 645 g/mol. The number of rotatable bonds is 5. The highest BCUT2D eigenvalue weighted by Gasteiger charge is 2.21. The van der Waals surface area contributed by atoms with Gasteiger partial charge in [0.15, 0.2) is 0 Å². The lowest BCUT2D eigenvalue weighted by molar-refractivity contribution is 0.256.